The SMILES string of the molecule is Cn1nc(C(F)(F)F)c(C=O)c1SCc1ccco1. The van der Waals surface area contributed by atoms with Gasteiger partial charge in [-0.05, 0) is 12.1 Å². The Balaban J connectivity index is 2.29. The summed E-state index contributed by atoms with van der Waals surface area (Å²) >= 11 is 1.07. The van der Waals surface area contributed by atoms with E-state index in [1.807, 2.05) is 0 Å². The lowest BCUT2D eigenvalue weighted by molar-refractivity contribution is -0.141. The van der Waals surface area contributed by atoms with Crippen LogP contribution in [0.2, 0.25) is 0 Å². The number of halogens is 3. The average Bonchev–Trinajstić information content (AvgIpc) is 2.93. The van der Waals surface area contributed by atoms with E-state index in [9.17, 15) is 18.0 Å². The Bertz CT molecular complexity index is 576. The molecule has 0 unspecified atom stereocenters. The number of hydrogen-bond acceptors (Lipinski definition) is 4. The van der Waals surface area contributed by atoms with E-state index in [4.69, 9.17) is 4.42 Å². The minimum atomic E-state index is -4.64. The van der Waals surface area contributed by atoms with Crippen LogP contribution in [0.1, 0.15) is 21.8 Å². The predicted molar refractivity (Wildman–Crippen MR) is 61.9 cm³/mol. The summed E-state index contributed by atoms with van der Waals surface area (Å²) in [6, 6.07) is 3.38. The van der Waals surface area contributed by atoms with Gasteiger partial charge >= 0.3 is 6.18 Å². The lowest BCUT2D eigenvalue weighted by atomic mass is 10.2. The molecule has 2 aromatic rings. The number of aldehydes is 1. The number of hydrogen-bond donors (Lipinski definition) is 0. The van der Waals surface area contributed by atoms with E-state index in [-0.39, 0.29) is 11.3 Å². The Labute approximate surface area is 110 Å². The zero-order valence-electron chi connectivity index (χ0n) is 9.77. The number of rotatable bonds is 4. The molecule has 0 aliphatic rings. The minimum absolute atomic E-state index is 0.165. The Morgan fingerprint density at radius 3 is 2.79 bits per heavy atom. The van der Waals surface area contributed by atoms with Crippen LogP contribution >= 0.6 is 11.8 Å². The number of carbonyl (C=O) groups excluding carboxylic acids is 1. The fourth-order valence-electron chi connectivity index (χ4n) is 1.55. The second-order valence-corrected chi connectivity index (χ2v) is 4.64. The molecule has 8 heteroatoms. The zero-order valence-corrected chi connectivity index (χ0v) is 10.6. The molecule has 0 aliphatic heterocycles. The van der Waals surface area contributed by atoms with Crippen LogP contribution < -0.4 is 0 Å². The van der Waals surface area contributed by atoms with E-state index < -0.39 is 17.4 Å². The van der Waals surface area contributed by atoms with Crippen molar-refractivity contribution in [2.75, 3.05) is 0 Å². The Hall–Kier alpha value is -1.70. The van der Waals surface area contributed by atoms with Gasteiger partial charge < -0.3 is 4.42 Å². The highest BCUT2D eigenvalue weighted by molar-refractivity contribution is 7.98. The number of carbonyl (C=O) groups is 1. The van der Waals surface area contributed by atoms with Gasteiger partial charge in [0, 0.05) is 7.05 Å². The second-order valence-electron chi connectivity index (χ2n) is 3.67. The smallest absolute Gasteiger partial charge is 0.435 e. The summed E-state index contributed by atoms with van der Waals surface area (Å²) in [6.07, 6.45) is -2.99. The molecule has 2 rings (SSSR count). The van der Waals surface area contributed by atoms with Crippen molar-refractivity contribution in [2.24, 2.45) is 7.05 Å². The van der Waals surface area contributed by atoms with Crippen LogP contribution in [0, 0.1) is 0 Å². The first-order valence-corrected chi connectivity index (χ1v) is 6.16. The third-order valence-corrected chi connectivity index (χ3v) is 3.53. The Kier molecular flexibility index (Phi) is 3.70. The highest BCUT2D eigenvalue weighted by Crippen LogP contribution is 2.35. The maximum Gasteiger partial charge on any atom is 0.435 e. The standard InChI is InChI=1S/C11H9F3N2O2S/c1-16-10(19-6-7-3-2-4-18-7)8(5-17)9(15-16)11(12,13)14/h2-5H,6H2,1H3. The van der Waals surface area contributed by atoms with Crippen molar-refractivity contribution in [1.29, 1.82) is 0 Å². The summed E-state index contributed by atoms with van der Waals surface area (Å²) in [5.41, 5.74) is -1.60. The Morgan fingerprint density at radius 1 is 1.53 bits per heavy atom. The molecule has 0 aliphatic carbocycles. The minimum Gasteiger partial charge on any atom is -0.468 e. The van der Waals surface area contributed by atoms with E-state index in [1.54, 1.807) is 12.1 Å². The molecule has 19 heavy (non-hydrogen) atoms. The fraction of sp³-hybridized carbons (Fsp3) is 0.273. The first kappa shape index (κ1) is 13.7. The van der Waals surface area contributed by atoms with Gasteiger partial charge in [0.15, 0.2) is 12.0 Å². The van der Waals surface area contributed by atoms with Crippen LogP contribution in [0.5, 0.6) is 0 Å². The number of aromatic nitrogens is 2. The Morgan fingerprint density at radius 2 is 2.26 bits per heavy atom. The molecule has 0 atom stereocenters. The van der Waals surface area contributed by atoms with Crippen LogP contribution in [0.25, 0.3) is 0 Å². The van der Waals surface area contributed by atoms with E-state index in [0.717, 1.165) is 16.4 Å². The van der Waals surface area contributed by atoms with Gasteiger partial charge in [-0.1, -0.05) is 11.8 Å². The van der Waals surface area contributed by atoms with Crippen molar-refractivity contribution in [1.82, 2.24) is 9.78 Å². The summed E-state index contributed by atoms with van der Waals surface area (Å²) in [7, 11) is 1.37. The van der Waals surface area contributed by atoms with Crippen molar-refractivity contribution >= 4 is 18.0 Å². The van der Waals surface area contributed by atoms with Gasteiger partial charge in [0.05, 0.1) is 17.6 Å². The topological polar surface area (TPSA) is 48.0 Å². The van der Waals surface area contributed by atoms with Gasteiger partial charge in [0.25, 0.3) is 0 Å². The third-order valence-electron chi connectivity index (χ3n) is 2.35. The first-order valence-electron chi connectivity index (χ1n) is 5.18. The van der Waals surface area contributed by atoms with Crippen molar-refractivity contribution in [2.45, 2.75) is 17.0 Å². The largest absolute Gasteiger partial charge is 0.468 e. The van der Waals surface area contributed by atoms with E-state index in [1.165, 1.54) is 13.3 Å². The number of thioether (sulfide) groups is 1. The monoisotopic (exact) mass is 290 g/mol. The molecule has 0 saturated carbocycles. The zero-order chi connectivity index (χ0) is 14.0. The number of furan rings is 1. The quantitative estimate of drug-likeness (QED) is 0.641. The van der Waals surface area contributed by atoms with E-state index in [2.05, 4.69) is 5.10 Å². The maximum atomic E-state index is 12.7. The number of alkyl halides is 3. The predicted octanol–water partition coefficient (Wildman–Crippen LogP) is 3.14. The van der Waals surface area contributed by atoms with Gasteiger partial charge in [-0.25, -0.2) is 0 Å². The summed E-state index contributed by atoms with van der Waals surface area (Å²) in [5.74, 6) is 0.932. The number of aryl methyl sites for hydroxylation is 1. The lowest BCUT2D eigenvalue weighted by Gasteiger charge is -2.02. The van der Waals surface area contributed by atoms with Crippen LogP contribution in [0.3, 0.4) is 0 Å². The van der Waals surface area contributed by atoms with Gasteiger partial charge in [0.1, 0.15) is 10.8 Å². The van der Waals surface area contributed by atoms with Gasteiger partial charge in [-0.2, -0.15) is 18.3 Å². The molecular weight excluding hydrogens is 281 g/mol. The van der Waals surface area contributed by atoms with Crippen LogP contribution in [0.4, 0.5) is 13.2 Å². The molecule has 0 saturated heterocycles. The molecule has 0 N–H and O–H groups in total. The molecule has 0 amide bonds. The molecule has 102 valence electrons. The normalized spacial score (nSPS) is 11.8. The molecule has 0 spiro atoms. The third kappa shape index (κ3) is 2.83. The average molecular weight is 290 g/mol. The van der Waals surface area contributed by atoms with Gasteiger partial charge in [0.2, 0.25) is 0 Å². The van der Waals surface area contributed by atoms with Crippen LogP contribution in [0.15, 0.2) is 27.8 Å². The van der Waals surface area contributed by atoms with Crippen LogP contribution in [-0.4, -0.2) is 16.1 Å². The van der Waals surface area contributed by atoms with Crippen molar-refractivity contribution in [3.05, 3.63) is 35.4 Å². The molecule has 2 heterocycles. The first-order chi connectivity index (χ1) is 8.93. The van der Waals surface area contributed by atoms with Gasteiger partial charge in [-0.15, -0.1) is 0 Å². The molecule has 0 aromatic carbocycles. The molecule has 0 radical (unpaired) electrons. The number of nitrogens with zero attached hydrogens (tertiary/aromatic N) is 2. The highest BCUT2D eigenvalue weighted by Gasteiger charge is 2.38. The summed E-state index contributed by atoms with van der Waals surface area (Å²) in [6.45, 7) is 0. The summed E-state index contributed by atoms with van der Waals surface area (Å²) in [4.78, 5) is 10.9. The van der Waals surface area contributed by atoms with Crippen molar-refractivity contribution in [3.8, 4) is 0 Å². The molecular formula is C11H9F3N2O2S. The second kappa shape index (κ2) is 5.12. The summed E-state index contributed by atoms with van der Waals surface area (Å²) < 4.78 is 44.2. The van der Waals surface area contributed by atoms with Gasteiger partial charge in [-0.3, -0.25) is 9.48 Å². The van der Waals surface area contributed by atoms with Crippen molar-refractivity contribution in [3.63, 3.8) is 0 Å². The molecule has 2 aromatic heterocycles. The fourth-order valence-corrected chi connectivity index (χ4v) is 2.52. The van der Waals surface area contributed by atoms with Crippen LogP contribution in [-0.2, 0) is 19.0 Å². The molecule has 0 fully saturated rings. The lowest BCUT2D eigenvalue weighted by Crippen LogP contribution is -2.09. The highest BCUT2D eigenvalue weighted by atomic mass is 32.2. The van der Waals surface area contributed by atoms with Crippen molar-refractivity contribution < 1.29 is 22.4 Å². The molecule has 4 nitrogen and oxygen atoms in total. The molecule has 0 bridgehead atoms. The summed E-state index contributed by atoms with van der Waals surface area (Å²) in [5, 5.41) is 3.53. The van der Waals surface area contributed by atoms with E-state index in [0.29, 0.717) is 11.5 Å². The maximum absolute atomic E-state index is 12.7. The van der Waals surface area contributed by atoms with E-state index >= 15 is 0 Å².